The van der Waals surface area contributed by atoms with E-state index in [-0.39, 0.29) is 6.04 Å². The van der Waals surface area contributed by atoms with Crippen molar-refractivity contribution in [2.75, 3.05) is 24.3 Å². The van der Waals surface area contributed by atoms with Gasteiger partial charge in [0.25, 0.3) is 0 Å². The van der Waals surface area contributed by atoms with Crippen LogP contribution < -0.4 is 10.2 Å². The van der Waals surface area contributed by atoms with Crippen LogP contribution in [0.2, 0.25) is 0 Å². The van der Waals surface area contributed by atoms with Crippen LogP contribution in [0.3, 0.4) is 0 Å². The Morgan fingerprint density at radius 3 is 2.63 bits per heavy atom. The zero-order valence-corrected chi connectivity index (χ0v) is 12.9. The molecule has 0 spiro atoms. The first kappa shape index (κ1) is 13.8. The summed E-state index contributed by atoms with van der Waals surface area (Å²) in [4.78, 5) is 13.3. The molecule has 2 rings (SSSR count). The molecule has 0 fully saturated rings. The predicted molar refractivity (Wildman–Crippen MR) is 82.2 cm³/mol. The molecule has 2 aromatic heterocycles. The van der Waals surface area contributed by atoms with E-state index in [1.807, 2.05) is 36.4 Å². The monoisotopic (exact) mass is 276 g/mol. The lowest BCUT2D eigenvalue weighted by Gasteiger charge is -2.16. The zero-order chi connectivity index (χ0) is 14.0. The quantitative estimate of drug-likeness (QED) is 0.929. The summed E-state index contributed by atoms with van der Waals surface area (Å²) in [7, 11) is 3.88. The molecule has 0 bridgehead atoms. The average molecular weight is 276 g/mol. The Morgan fingerprint density at radius 1 is 1.32 bits per heavy atom. The van der Waals surface area contributed by atoms with Gasteiger partial charge < -0.3 is 10.2 Å². The summed E-state index contributed by atoms with van der Waals surface area (Å²) in [5, 5.41) is 3.44. The van der Waals surface area contributed by atoms with E-state index < -0.39 is 0 Å². The molecule has 1 N–H and O–H groups in total. The fraction of sp³-hybridized carbons (Fsp3) is 0.429. The molecule has 0 amide bonds. The van der Waals surface area contributed by atoms with Crippen LogP contribution in [0.15, 0.2) is 18.3 Å². The molecule has 5 heteroatoms. The number of hydrogen-bond donors (Lipinski definition) is 1. The molecule has 0 radical (unpaired) electrons. The van der Waals surface area contributed by atoms with E-state index in [0.29, 0.717) is 0 Å². The first-order chi connectivity index (χ1) is 8.97. The minimum Gasteiger partial charge on any atom is -0.363 e. The molecule has 0 saturated heterocycles. The van der Waals surface area contributed by atoms with Crippen LogP contribution in [0.4, 0.5) is 11.8 Å². The zero-order valence-electron chi connectivity index (χ0n) is 12.1. The second kappa shape index (κ2) is 5.57. The molecule has 2 heterocycles. The Morgan fingerprint density at radius 2 is 2.05 bits per heavy atom. The number of rotatable bonds is 4. The number of thiophene rings is 1. The summed E-state index contributed by atoms with van der Waals surface area (Å²) >= 11 is 1.84. The molecule has 19 heavy (non-hydrogen) atoms. The average Bonchev–Trinajstić information content (AvgIpc) is 2.69. The van der Waals surface area contributed by atoms with Crippen molar-refractivity contribution in [3.05, 3.63) is 33.6 Å². The van der Waals surface area contributed by atoms with Crippen LogP contribution in [0, 0.1) is 13.8 Å². The van der Waals surface area contributed by atoms with E-state index >= 15 is 0 Å². The van der Waals surface area contributed by atoms with Crippen LogP contribution in [-0.2, 0) is 0 Å². The maximum Gasteiger partial charge on any atom is 0.226 e. The van der Waals surface area contributed by atoms with E-state index in [9.17, 15) is 0 Å². The Balaban J connectivity index is 2.17. The first-order valence-electron chi connectivity index (χ1n) is 6.31. The lowest BCUT2D eigenvalue weighted by molar-refractivity contribution is 0.865. The highest BCUT2D eigenvalue weighted by atomic mass is 32.1. The van der Waals surface area contributed by atoms with Crippen LogP contribution in [-0.4, -0.2) is 24.1 Å². The van der Waals surface area contributed by atoms with E-state index in [0.717, 1.165) is 11.8 Å². The maximum atomic E-state index is 4.48. The van der Waals surface area contributed by atoms with Gasteiger partial charge in [0.15, 0.2) is 0 Å². The molecular weight excluding hydrogens is 256 g/mol. The van der Waals surface area contributed by atoms with Gasteiger partial charge in [-0.2, -0.15) is 4.98 Å². The van der Waals surface area contributed by atoms with Gasteiger partial charge >= 0.3 is 0 Å². The van der Waals surface area contributed by atoms with Gasteiger partial charge in [0.2, 0.25) is 5.95 Å². The number of nitrogens with zero attached hydrogens (tertiary/aromatic N) is 3. The Labute approximate surface area is 118 Å². The number of aromatic nitrogens is 2. The van der Waals surface area contributed by atoms with Crippen molar-refractivity contribution >= 4 is 23.1 Å². The van der Waals surface area contributed by atoms with Gasteiger partial charge in [-0.3, -0.25) is 0 Å². The molecule has 0 aliphatic carbocycles. The van der Waals surface area contributed by atoms with Gasteiger partial charge in [-0.15, -0.1) is 11.3 Å². The highest BCUT2D eigenvalue weighted by Crippen LogP contribution is 2.28. The molecule has 0 aliphatic heterocycles. The summed E-state index contributed by atoms with van der Waals surface area (Å²) in [6, 6.07) is 4.39. The fourth-order valence-electron chi connectivity index (χ4n) is 2.02. The highest BCUT2D eigenvalue weighted by Gasteiger charge is 2.12. The second-order valence-electron chi connectivity index (χ2n) is 4.87. The van der Waals surface area contributed by atoms with Crippen LogP contribution >= 0.6 is 11.3 Å². The number of hydrogen-bond acceptors (Lipinski definition) is 5. The molecule has 1 atom stereocenters. The largest absolute Gasteiger partial charge is 0.363 e. The summed E-state index contributed by atoms with van der Waals surface area (Å²) in [6.07, 6.45) is 1.78. The molecule has 1 unspecified atom stereocenters. The normalized spacial score (nSPS) is 12.3. The van der Waals surface area contributed by atoms with Crippen LogP contribution in [0.1, 0.15) is 28.3 Å². The third-order valence-electron chi connectivity index (χ3n) is 2.95. The van der Waals surface area contributed by atoms with Crippen LogP contribution in [0.25, 0.3) is 0 Å². The minimum absolute atomic E-state index is 0.245. The van der Waals surface area contributed by atoms with Crippen molar-refractivity contribution in [1.29, 1.82) is 0 Å². The molecule has 0 aromatic carbocycles. The molecule has 4 nitrogen and oxygen atoms in total. The first-order valence-corrected chi connectivity index (χ1v) is 7.13. The van der Waals surface area contributed by atoms with Crippen molar-refractivity contribution in [2.45, 2.75) is 26.8 Å². The standard InChI is InChI=1S/C14H20N4S/c1-9-8-12(11(3)19-9)10(2)16-13-6-7-15-14(17-13)18(4)5/h6-8,10H,1-5H3,(H,15,16,17). The number of nitrogens with one attached hydrogen (secondary N) is 1. The summed E-state index contributed by atoms with van der Waals surface area (Å²) < 4.78 is 0. The smallest absolute Gasteiger partial charge is 0.226 e. The lowest BCUT2D eigenvalue weighted by atomic mass is 10.1. The Kier molecular flexibility index (Phi) is 4.04. The second-order valence-corrected chi connectivity index (χ2v) is 6.33. The van der Waals surface area contributed by atoms with E-state index in [2.05, 4.69) is 42.1 Å². The summed E-state index contributed by atoms with van der Waals surface area (Å²) in [5.41, 5.74) is 1.34. The fourth-order valence-corrected chi connectivity index (χ4v) is 3.05. The lowest BCUT2D eigenvalue weighted by Crippen LogP contribution is -2.14. The van der Waals surface area contributed by atoms with Gasteiger partial charge in [-0.25, -0.2) is 4.98 Å². The van der Waals surface area contributed by atoms with E-state index in [1.54, 1.807) is 6.20 Å². The van der Waals surface area contributed by atoms with Crippen molar-refractivity contribution in [3.8, 4) is 0 Å². The van der Waals surface area contributed by atoms with Gasteiger partial charge in [-0.05, 0) is 38.5 Å². The molecule has 102 valence electrons. The molecular formula is C14H20N4S. The van der Waals surface area contributed by atoms with Crippen LogP contribution in [0.5, 0.6) is 0 Å². The van der Waals surface area contributed by atoms with Crippen molar-refractivity contribution in [3.63, 3.8) is 0 Å². The summed E-state index contributed by atoms with van der Waals surface area (Å²) in [6.45, 7) is 6.46. The third kappa shape index (κ3) is 3.23. The Hall–Kier alpha value is -1.62. The van der Waals surface area contributed by atoms with Crippen molar-refractivity contribution in [2.24, 2.45) is 0 Å². The molecule has 2 aromatic rings. The Bertz CT molecular complexity index is 562. The number of aryl methyl sites for hydroxylation is 2. The van der Waals surface area contributed by atoms with Gasteiger partial charge in [-0.1, -0.05) is 0 Å². The number of anilines is 2. The van der Waals surface area contributed by atoms with Gasteiger partial charge in [0.05, 0.1) is 6.04 Å². The third-order valence-corrected chi connectivity index (χ3v) is 3.93. The SMILES string of the molecule is Cc1cc(C(C)Nc2ccnc(N(C)C)n2)c(C)s1. The predicted octanol–water partition coefficient (Wildman–Crippen LogP) is 3.39. The maximum absolute atomic E-state index is 4.48. The van der Waals surface area contributed by atoms with Gasteiger partial charge in [0, 0.05) is 30.0 Å². The highest BCUT2D eigenvalue weighted by molar-refractivity contribution is 7.12. The van der Waals surface area contributed by atoms with E-state index in [4.69, 9.17) is 0 Å². The topological polar surface area (TPSA) is 41.1 Å². The van der Waals surface area contributed by atoms with E-state index in [1.165, 1.54) is 15.3 Å². The van der Waals surface area contributed by atoms with Gasteiger partial charge in [0.1, 0.15) is 5.82 Å². The van der Waals surface area contributed by atoms with Crippen molar-refractivity contribution in [1.82, 2.24) is 9.97 Å². The molecule has 0 saturated carbocycles. The summed E-state index contributed by atoms with van der Waals surface area (Å²) in [5.74, 6) is 1.57. The molecule has 0 aliphatic rings. The van der Waals surface area contributed by atoms with Crippen molar-refractivity contribution < 1.29 is 0 Å². The minimum atomic E-state index is 0.245.